The number of hydrogen-bond donors (Lipinski definition) is 1. The van der Waals surface area contributed by atoms with Crippen LogP contribution >= 0.6 is 0 Å². The molecule has 1 aliphatic rings. The minimum absolute atomic E-state index is 0.0720. The van der Waals surface area contributed by atoms with Crippen LogP contribution in [0.5, 0.6) is 0 Å². The van der Waals surface area contributed by atoms with Gasteiger partial charge in [0.1, 0.15) is 6.10 Å². The van der Waals surface area contributed by atoms with Crippen molar-refractivity contribution in [3.05, 3.63) is 66.2 Å². The Morgan fingerprint density at radius 1 is 1.09 bits per heavy atom. The van der Waals surface area contributed by atoms with E-state index in [-0.39, 0.29) is 12.0 Å². The summed E-state index contributed by atoms with van der Waals surface area (Å²) in [4.78, 5) is 12.3. The quantitative estimate of drug-likeness (QED) is 0.863. The van der Waals surface area contributed by atoms with Gasteiger partial charge in [-0.1, -0.05) is 48.5 Å². The summed E-state index contributed by atoms with van der Waals surface area (Å²) in [5.74, 6) is -0.0720. The van der Waals surface area contributed by atoms with Crippen molar-refractivity contribution in [1.82, 2.24) is 5.43 Å². The van der Waals surface area contributed by atoms with Gasteiger partial charge >= 0.3 is 0 Å². The largest absolute Gasteiger partial charge is 0.368 e. The normalized spacial score (nSPS) is 17.2. The second-order valence-corrected chi connectivity index (χ2v) is 5.39. The van der Waals surface area contributed by atoms with Crippen LogP contribution in [0.15, 0.2) is 60.7 Å². The summed E-state index contributed by atoms with van der Waals surface area (Å²) in [5, 5.41) is 1.87. The molecule has 1 aliphatic heterocycles. The number of carbonyl (C=O) groups excluding carboxylic acids is 1. The molecule has 1 atom stereocenters. The van der Waals surface area contributed by atoms with Gasteiger partial charge in [0.25, 0.3) is 5.91 Å². The van der Waals surface area contributed by atoms with Crippen LogP contribution in [0.4, 0.5) is 5.69 Å². The van der Waals surface area contributed by atoms with Crippen LogP contribution in [0.25, 0.3) is 0 Å². The van der Waals surface area contributed by atoms with Crippen molar-refractivity contribution in [2.24, 2.45) is 0 Å². The van der Waals surface area contributed by atoms with Gasteiger partial charge in [-0.2, -0.15) is 0 Å². The van der Waals surface area contributed by atoms with Gasteiger partial charge in [0.15, 0.2) is 0 Å². The Morgan fingerprint density at radius 2 is 1.77 bits per heavy atom. The highest BCUT2D eigenvalue weighted by atomic mass is 16.5. The average Bonchev–Trinajstić information content (AvgIpc) is 3.11. The zero-order valence-corrected chi connectivity index (χ0v) is 12.4. The molecule has 1 amide bonds. The first-order valence-electron chi connectivity index (χ1n) is 7.61. The highest BCUT2D eigenvalue weighted by Crippen LogP contribution is 2.17. The maximum absolute atomic E-state index is 12.3. The first kappa shape index (κ1) is 14.6. The van der Waals surface area contributed by atoms with E-state index >= 15 is 0 Å². The fourth-order valence-corrected chi connectivity index (χ4v) is 2.56. The fourth-order valence-electron chi connectivity index (χ4n) is 2.56. The van der Waals surface area contributed by atoms with Crippen molar-refractivity contribution in [3.8, 4) is 0 Å². The summed E-state index contributed by atoms with van der Waals surface area (Å²) >= 11 is 0. The number of nitrogens with zero attached hydrogens (tertiary/aromatic N) is 1. The number of carbonyl (C=O) groups is 1. The molecule has 0 unspecified atom stereocenters. The summed E-state index contributed by atoms with van der Waals surface area (Å²) in [6.07, 6.45) is 1.41. The molecule has 1 N–H and O–H groups in total. The van der Waals surface area contributed by atoms with Gasteiger partial charge in [-0.25, -0.2) is 0 Å². The van der Waals surface area contributed by atoms with Crippen molar-refractivity contribution in [3.63, 3.8) is 0 Å². The molecule has 0 saturated carbocycles. The maximum Gasteiger partial charge on any atom is 0.267 e. The lowest BCUT2D eigenvalue weighted by Gasteiger charge is -2.26. The Labute approximate surface area is 130 Å². The van der Waals surface area contributed by atoms with Gasteiger partial charge in [-0.05, 0) is 30.5 Å². The van der Waals surface area contributed by atoms with Gasteiger partial charge in [-0.3, -0.25) is 15.2 Å². The van der Waals surface area contributed by atoms with Gasteiger partial charge in [-0.15, -0.1) is 0 Å². The summed E-state index contributed by atoms with van der Waals surface area (Å²) in [6.45, 7) is 1.28. The van der Waals surface area contributed by atoms with Crippen molar-refractivity contribution >= 4 is 11.6 Å². The highest BCUT2D eigenvalue weighted by molar-refractivity contribution is 5.82. The summed E-state index contributed by atoms with van der Waals surface area (Å²) in [7, 11) is 0. The van der Waals surface area contributed by atoms with E-state index in [4.69, 9.17) is 4.74 Å². The summed E-state index contributed by atoms with van der Waals surface area (Å²) < 4.78 is 5.46. The van der Waals surface area contributed by atoms with Crippen LogP contribution in [-0.4, -0.2) is 18.6 Å². The molecule has 2 aromatic carbocycles. The number of amides is 1. The molecule has 1 heterocycles. The Kier molecular flexibility index (Phi) is 4.71. The number of hydrogen-bond acceptors (Lipinski definition) is 3. The Morgan fingerprint density at radius 3 is 2.41 bits per heavy atom. The predicted octanol–water partition coefficient (Wildman–Crippen LogP) is 2.90. The molecule has 0 aliphatic carbocycles. The first-order valence-corrected chi connectivity index (χ1v) is 7.61. The van der Waals surface area contributed by atoms with E-state index in [0.717, 1.165) is 24.1 Å². The van der Waals surface area contributed by atoms with Crippen molar-refractivity contribution in [1.29, 1.82) is 0 Å². The number of anilines is 1. The van der Waals surface area contributed by atoms with E-state index in [9.17, 15) is 4.79 Å². The molecule has 3 rings (SSSR count). The molecule has 4 nitrogen and oxygen atoms in total. The molecule has 2 aromatic rings. The Hall–Kier alpha value is -2.33. The van der Waals surface area contributed by atoms with Gasteiger partial charge in [0.05, 0.1) is 12.2 Å². The molecule has 4 heteroatoms. The smallest absolute Gasteiger partial charge is 0.267 e. The van der Waals surface area contributed by atoms with E-state index in [1.165, 1.54) is 0 Å². The predicted molar refractivity (Wildman–Crippen MR) is 86.2 cm³/mol. The van der Waals surface area contributed by atoms with Crippen molar-refractivity contribution < 1.29 is 9.53 Å². The highest BCUT2D eigenvalue weighted by Gasteiger charge is 2.25. The van der Waals surface area contributed by atoms with E-state index in [0.29, 0.717) is 13.2 Å². The second-order valence-electron chi connectivity index (χ2n) is 5.39. The van der Waals surface area contributed by atoms with E-state index in [1.807, 2.05) is 65.7 Å². The minimum Gasteiger partial charge on any atom is -0.368 e. The SMILES string of the molecule is O=C(NN(Cc1ccccc1)c1ccccc1)[C@H]1CCCO1. The Bertz CT molecular complexity index is 595. The molecule has 0 radical (unpaired) electrons. The number of rotatable bonds is 5. The van der Waals surface area contributed by atoms with Gasteiger partial charge < -0.3 is 4.74 Å². The van der Waals surface area contributed by atoms with Crippen LogP contribution < -0.4 is 10.4 Å². The number of benzene rings is 2. The maximum atomic E-state index is 12.3. The lowest BCUT2D eigenvalue weighted by atomic mass is 10.2. The molecule has 114 valence electrons. The van der Waals surface area contributed by atoms with Crippen LogP contribution in [-0.2, 0) is 16.1 Å². The molecule has 0 spiro atoms. The lowest BCUT2D eigenvalue weighted by Crippen LogP contribution is -2.46. The van der Waals surface area contributed by atoms with Gasteiger partial charge in [0.2, 0.25) is 0 Å². The summed E-state index contributed by atoms with van der Waals surface area (Å²) in [5.41, 5.74) is 5.09. The minimum atomic E-state index is -0.331. The molecule has 1 fully saturated rings. The zero-order valence-electron chi connectivity index (χ0n) is 12.4. The van der Waals surface area contributed by atoms with E-state index in [1.54, 1.807) is 0 Å². The molecule has 22 heavy (non-hydrogen) atoms. The van der Waals surface area contributed by atoms with E-state index in [2.05, 4.69) is 5.43 Å². The van der Waals surface area contributed by atoms with Crippen molar-refractivity contribution in [2.45, 2.75) is 25.5 Å². The Balaban J connectivity index is 1.75. The third-order valence-electron chi connectivity index (χ3n) is 3.72. The lowest BCUT2D eigenvalue weighted by molar-refractivity contribution is -0.130. The second kappa shape index (κ2) is 7.09. The average molecular weight is 296 g/mol. The first-order chi connectivity index (χ1) is 10.8. The fraction of sp³-hybridized carbons (Fsp3) is 0.278. The van der Waals surface area contributed by atoms with Crippen LogP contribution in [0.3, 0.4) is 0 Å². The standard InChI is InChI=1S/C18H20N2O2/c21-18(17-12-7-13-22-17)19-20(16-10-5-2-6-11-16)14-15-8-3-1-4-9-15/h1-6,8-11,17H,7,12-14H2,(H,19,21)/t17-/m1/s1. The molecule has 0 aromatic heterocycles. The van der Waals surface area contributed by atoms with Gasteiger partial charge in [0, 0.05) is 6.61 Å². The van der Waals surface area contributed by atoms with Crippen LogP contribution in [0, 0.1) is 0 Å². The van der Waals surface area contributed by atoms with E-state index < -0.39 is 0 Å². The van der Waals surface area contributed by atoms with Crippen LogP contribution in [0.1, 0.15) is 18.4 Å². The number of ether oxygens (including phenoxy) is 1. The monoisotopic (exact) mass is 296 g/mol. The topological polar surface area (TPSA) is 41.6 Å². The molecular weight excluding hydrogens is 276 g/mol. The number of nitrogens with one attached hydrogen (secondary N) is 1. The zero-order chi connectivity index (χ0) is 15.2. The summed E-state index contributed by atoms with van der Waals surface area (Å²) in [6, 6.07) is 19.9. The van der Waals surface area contributed by atoms with Crippen LogP contribution in [0.2, 0.25) is 0 Å². The molecule has 0 bridgehead atoms. The van der Waals surface area contributed by atoms with Crippen molar-refractivity contribution in [2.75, 3.05) is 11.6 Å². The third kappa shape index (κ3) is 3.65. The molecule has 1 saturated heterocycles. The number of hydrazine groups is 1. The molecular formula is C18H20N2O2. The number of para-hydroxylation sites is 1. The third-order valence-corrected chi connectivity index (χ3v) is 3.72.